The Morgan fingerprint density at radius 2 is 1.77 bits per heavy atom. The molecule has 0 N–H and O–H groups in total. The molecular formula is C18H24N2OS. The highest BCUT2D eigenvalue weighted by Gasteiger charge is 2.17. The van der Waals surface area contributed by atoms with Crippen molar-refractivity contribution in [3.8, 4) is 5.75 Å². The number of hydrogen-bond acceptors (Lipinski definition) is 4. The molecule has 4 rings (SSSR count). The van der Waals surface area contributed by atoms with E-state index in [1.54, 1.807) is 0 Å². The van der Waals surface area contributed by atoms with Crippen LogP contribution < -0.4 is 14.5 Å². The molecule has 0 unspecified atom stereocenters. The predicted octanol–water partition coefficient (Wildman–Crippen LogP) is 4.60. The summed E-state index contributed by atoms with van der Waals surface area (Å²) in [7, 11) is 4.16. The van der Waals surface area contributed by atoms with Gasteiger partial charge in [-0.25, -0.2) is 0 Å². The van der Waals surface area contributed by atoms with Gasteiger partial charge in [0.2, 0.25) is 0 Å². The van der Waals surface area contributed by atoms with Gasteiger partial charge in [-0.1, -0.05) is 31.7 Å². The Morgan fingerprint density at radius 1 is 1.00 bits per heavy atom. The first-order valence-electron chi connectivity index (χ1n) is 7.03. The minimum absolute atomic E-state index is 0. The van der Waals surface area contributed by atoms with Crippen LogP contribution in [-0.2, 0) is 0 Å². The summed E-state index contributed by atoms with van der Waals surface area (Å²) in [5, 5.41) is 0. The van der Waals surface area contributed by atoms with E-state index >= 15 is 0 Å². The van der Waals surface area contributed by atoms with Crippen LogP contribution in [0.2, 0.25) is 0 Å². The van der Waals surface area contributed by atoms with Crippen LogP contribution in [0, 0.1) is 6.92 Å². The van der Waals surface area contributed by atoms with E-state index in [9.17, 15) is 0 Å². The van der Waals surface area contributed by atoms with E-state index in [1.165, 1.54) is 21.8 Å². The number of rotatable bonds is 0. The third kappa shape index (κ3) is 3.17. The molecule has 0 amide bonds. The molecule has 0 fully saturated rings. The number of nitrogens with zero attached hydrogens (tertiary/aromatic N) is 2. The Balaban J connectivity index is 0.000000154. The standard InChI is InChI=1S/C9H11NO.C8H9NS.CH4/c1-7-4-3-5-8-9(7)10(2)6-11-8;1-9-6-10-8-5-3-2-4-7(8)9;/h3-5H,6H2,1-2H3;2-5H,6H2,1H3;1H4. The lowest BCUT2D eigenvalue weighted by atomic mass is 10.2. The summed E-state index contributed by atoms with van der Waals surface area (Å²) >= 11 is 1.90. The maximum absolute atomic E-state index is 5.42. The van der Waals surface area contributed by atoms with Crippen molar-refractivity contribution in [2.45, 2.75) is 19.2 Å². The number of fused-ring (bicyclic) bond motifs is 2. The summed E-state index contributed by atoms with van der Waals surface area (Å²) in [6, 6.07) is 14.6. The first-order chi connectivity index (χ1) is 10.2. The number of para-hydroxylation sites is 2. The lowest BCUT2D eigenvalue weighted by Gasteiger charge is -2.09. The Hall–Kier alpha value is -1.81. The average Bonchev–Trinajstić information content (AvgIpc) is 3.06. The van der Waals surface area contributed by atoms with Crippen molar-refractivity contribution < 1.29 is 4.74 Å². The maximum atomic E-state index is 5.42. The van der Waals surface area contributed by atoms with E-state index < -0.39 is 0 Å². The van der Waals surface area contributed by atoms with Crippen molar-refractivity contribution in [3.05, 3.63) is 48.0 Å². The van der Waals surface area contributed by atoms with Crippen LogP contribution in [0.4, 0.5) is 11.4 Å². The van der Waals surface area contributed by atoms with E-state index in [0.717, 1.165) is 11.6 Å². The van der Waals surface area contributed by atoms with Crippen molar-refractivity contribution in [1.82, 2.24) is 0 Å². The molecule has 2 heterocycles. The van der Waals surface area contributed by atoms with Gasteiger partial charge in [0.05, 0.1) is 17.3 Å². The zero-order valence-electron chi connectivity index (χ0n) is 12.7. The van der Waals surface area contributed by atoms with E-state index in [2.05, 4.69) is 54.1 Å². The summed E-state index contributed by atoms with van der Waals surface area (Å²) in [5.74, 6) is 2.10. The molecule has 0 spiro atoms. The van der Waals surface area contributed by atoms with Crippen LogP contribution in [0.25, 0.3) is 0 Å². The third-order valence-electron chi connectivity index (χ3n) is 3.69. The fourth-order valence-corrected chi connectivity index (χ4v) is 3.62. The molecular weight excluding hydrogens is 292 g/mol. The smallest absolute Gasteiger partial charge is 0.161 e. The SMILES string of the molecule is C.CN1CSc2ccccc21.Cc1cccc2c1N(C)CO2. The van der Waals surface area contributed by atoms with Crippen molar-refractivity contribution >= 4 is 23.1 Å². The fourth-order valence-electron chi connectivity index (χ4n) is 2.60. The van der Waals surface area contributed by atoms with E-state index in [-0.39, 0.29) is 7.43 Å². The Kier molecular flexibility index (Phi) is 5.24. The molecule has 2 aliphatic rings. The molecule has 0 saturated carbocycles. The quantitative estimate of drug-likeness (QED) is 0.705. The summed E-state index contributed by atoms with van der Waals surface area (Å²) < 4.78 is 5.42. The average molecular weight is 316 g/mol. The maximum Gasteiger partial charge on any atom is 0.161 e. The van der Waals surface area contributed by atoms with E-state index in [4.69, 9.17) is 4.74 Å². The molecule has 22 heavy (non-hydrogen) atoms. The number of thioether (sulfide) groups is 1. The Labute approximate surface area is 137 Å². The zero-order chi connectivity index (χ0) is 14.8. The topological polar surface area (TPSA) is 15.7 Å². The van der Waals surface area contributed by atoms with Crippen LogP contribution in [0.15, 0.2) is 47.4 Å². The zero-order valence-corrected chi connectivity index (χ0v) is 13.5. The molecule has 0 aromatic heterocycles. The summed E-state index contributed by atoms with van der Waals surface area (Å²) in [6.07, 6.45) is 0. The second-order valence-electron chi connectivity index (χ2n) is 5.33. The largest absolute Gasteiger partial charge is 0.471 e. The second kappa shape index (κ2) is 6.97. The lowest BCUT2D eigenvalue weighted by molar-refractivity contribution is 0.353. The normalized spacial score (nSPS) is 14.3. The number of aryl methyl sites for hydroxylation is 1. The van der Waals surface area contributed by atoms with E-state index in [1.807, 2.05) is 30.9 Å². The third-order valence-corrected chi connectivity index (χ3v) is 4.86. The summed E-state index contributed by atoms with van der Waals surface area (Å²) in [6.45, 7) is 2.78. The molecule has 0 radical (unpaired) electrons. The van der Waals surface area contributed by atoms with Crippen LogP contribution in [0.1, 0.15) is 13.0 Å². The summed E-state index contributed by atoms with van der Waals surface area (Å²) in [4.78, 5) is 5.79. The molecule has 3 nitrogen and oxygen atoms in total. The summed E-state index contributed by atoms with van der Waals surface area (Å²) in [5.41, 5.74) is 3.88. The second-order valence-corrected chi connectivity index (χ2v) is 6.32. The van der Waals surface area contributed by atoms with Gasteiger partial charge in [0.15, 0.2) is 6.73 Å². The first-order valence-corrected chi connectivity index (χ1v) is 8.02. The van der Waals surface area contributed by atoms with Gasteiger partial charge in [0.1, 0.15) is 5.75 Å². The Morgan fingerprint density at radius 3 is 2.50 bits per heavy atom. The molecule has 2 aromatic rings. The molecule has 0 atom stereocenters. The minimum Gasteiger partial charge on any atom is -0.471 e. The number of ether oxygens (including phenoxy) is 1. The lowest BCUT2D eigenvalue weighted by Crippen LogP contribution is -2.15. The predicted molar refractivity (Wildman–Crippen MR) is 97.4 cm³/mol. The monoisotopic (exact) mass is 316 g/mol. The van der Waals surface area contributed by atoms with Gasteiger partial charge in [-0.3, -0.25) is 0 Å². The van der Waals surface area contributed by atoms with Gasteiger partial charge in [-0.05, 0) is 30.7 Å². The Bertz CT molecular complexity index is 645. The van der Waals surface area contributed by atoms with Crippen molar-refractivity contribution in [3.63, 3.8) is 0 Å². The van der Waals surface area contributed by atoms with Gasteiger partial charge >= 0.3 is 0 Å². The highest BCUT2D eigenvalue weighted by Crippen LogP contribution is 2.36. The highest BCUT2D eigenvalue weighted by atomic mass is 32.2. The van der Waals surface area contributed by atoms with Crippen LogP contribution in [0.5, 0.6) is 5.75 Å². The van der Waals surface area contributed by atoms with Gasteiger partial charge in [0.25, 0.3) is 0 Å². The van der Waals surface area contributed by atoms with Gasteiger partial charge in [-0.2, -0.15) is 0 Å². The molecule has 4 heteroatoms. The molecule has 118 valence electrons. The number of hydrogen-bond donors (Lipinski definition) is 0. The molecule has 0 aliphatic carbocycles. The van der Waals surface area contributed by atoms with E-state index in [0.29, 0.717) is 6.73 Å². The van der Waals surface area contributed by atoms with Crippen molar-refractivity contribution in [2.75, 3.05) is 36.5 Å². The van der Waals surface area contributed by atoms with Crippen LogP contribution in [-0.4, -0.2) is 26.7 Å². The van der Waals surface area contributed by atoms with Gasteiger partial charge in [-0.15, -0.1) is 11.8 Å². The first kappa shape index (κ1) is 16.6. The van der Waals surface area contributed by atoms with Crippen molar-refractivity contribution in [1.29, 1.82) is 0 Å². The fraction of sp³-hybridized carbons (Fsp3) is 0.333. The molecule has 0 saturated heterocycles. The molecule has 2 aliphatic heterocycles. The highest BCUT2D eigenvalue weighted by molar-refractivity contribution is 7.99. The van der Waals surface area contributed by atoms with Crippen LogP contribution in [0.3, 0.4) is 0 Å². The number of anilines is 2. The van der Waals surface area contributed by atoms with Crippen molar-refractivity contribution in [2.24, 2.45) is 0 Å². The van der Waals surface area contributed by atoms with Gasteiger partial charge < -0.3 is 14.5 Å². The molecule has 0 bridgehead atoms. The van der Waals surface area contributed by atoms with Crippen LogP contribution >= 0.6 is 11.8 Å². The molecule has 2 aromatic carbocycles. The van der Waals surface area contributed by atoms with Gasteiger partial charge in [0, 0.05) is 19.0 Å². The minimum atomic E-state index is 0. The number of benzene rings is 2.